The maximum atomic E-state index is 13.2. The van der Waals surface area contributed by atoms with Crippen molar-refractivity contribution in [3.63, 3.8) is 0 Å². The van der Waals surface area contributed by atoms with Crippen molar-refractivity contribution in [1.29, 1.82) is 0 Å². The van der Waals surface area contributed by atoms with Crippen molar-refractivity contribution < 1.29 is 23.1 Å². The van der Waals surface area contributed by atoms with E-state index in [0.717, 1.165) is 30.0 Å². The molecule has 10 heteroatoms. The molecule has 0 radical (unpaired) electrons. The molecule has 0 bridgehead atoms. The van der Waals surface area contributed by atoms with Crippen LogP contribution in [0, 0.1) is 5.82 Å². The monoisotopic (exact) mass is 366 g/mol. The van der Waals surface area contributed by atoms with E-state index >= 15 is 0 Å². The van der Waals surface area contributed by atoms with E-state index in [9.17, 15) is 18.9 Å². The van der Waals surface area contributed by atoms with Crippen LogP contribution >= 0.6 is 8.60 Å². The number of methoxy groups -OCH3 is 1. The minimum Gasteiger partial charge on any atom is -0.379 e. The first-order chi connectivity index (χ1) is 11.5. The Balaban J connectivity index is 2.38. The third-order valence-electron chi connectivity index (χ3n) is 3.31. The van der Waals surface area contributed by atoms with Gasteiger partial charge in [0.25, 0.3) is 5.56 Å². The lowest BCUT2D eigenvalue weighted by atomic mass is 10.2. The molecular formula is C14H24FN2O6P. The van der Waals surface area contributed by atoms with Gasteiger partial charge in [0.2, 0.25) is 5.82 Å². The SMILES string of the molecule is CCCCCOP(O)OCC(CCn1cc(F)c(=O)[nH]c1=O)OC. The predicted molar refractivity (Wildman–Crippen MR) is 87.3 cm³/mol. The van der Waals surface area contributed by atoms with Crippen molar-refractivity contribution in [1.82, 2.24) is 9.55 Å². The maximum Gasteiger partial charge on any atom is 0.329 e. The smallest absolute Gasteiger partial charge is 0.329 e. The van der Waals surface area contributed by atoms with E-state index in [1.807, 2.05) is 4.98 Å². The molecule has 2 atom stereocenters. The summed E-state index contributed by atoms with van der Waals surface area (Å²) in [5.74, 6) is -1.03. The number of nitrogens with one attached hydrogen (secondary N) is 1. The van der Waals surface area contributed by atoms with Crippen LogP contribution in [0.5, 0.6) is 0 Å². The molecular weight excluding hydrogens is 342 g/mol. The second-order valence-corrected chi connectivity index (χ2v) is 6.14. The van der Waals surface area contributed by atoms with Crippen LogP contribution < -0.4 is 11.2 Å². The van der Waals surface area contributed by atoms with Crippen molar-refractivity contribution in [2.45, 2.75) is 45.3 Å². The number of hydrogen-bond acceptors (Lipinski definition) is 6. The summed E-state index contributed by atoms with van der Waals surface area (Å²) in [6, 6.07) is 0. The molecule has 0 spiro atoms. The molecule has 0 aliphatic heterocycles. The molecule has 0 aliphatic carbocycles. The molecule has 0 fully saturated rings. The molecule has 2 unspecified atom stereocenters. The van der Waals surface area contributed by atoms with E-state index in [1.165, 1.54) is 7.11 Å². The number of H-pyrrole nitrogens is 1. The topological polar surface area (TPSA) is 103 Å². The van der Waals surface area contributed by atoms with E-state index in [1.54, 1.807) is 0 Å². The van der Waals surface area contributed by atoms with Gasteiger partial charge in [-0.3, -0.25) is 14.3 Å². The zero-order valence-corrected chi connectivity index (χ0v) is 14.8. The molecule has 1 aromatic rings. The first kappa shape index (κ1) is 20.9. The van der Waals surface area contributed by atoms with Crippen LogP contribution in [0.4, 0.5) is 4.39 Å². The number of unbranched alkanes of at least 4 members (excludes halogenated alkanes) is 2. The van der Waals surface area contributed by atoms with Gasteiger partial charge in [0.05, 0.1) is 25.5 Å². The van der Waals surface area contributed by atoms with Crippen LogP contribution in [-0.4, -0.2) is 40.9 Å². The minimum atomic E-state index is -1.97. The van der Waals surface area contributed by atoms with E-state index in [-0.39, 0.29) is 13.2 Å². The lowest BCUT2D eigenvalue weighted by Crippen LogP contribution is -2.32. The first-order valence-corrected chi connectivity index (χ1v) is 8.87. The fourth-order valence-electron chi connectivity index (χ4n) is 1.88. The molecule has 0 saturated heterocycles. The van der Waals surface area contributed by atoms with Gasteiger partial charge in [-0.25, -0.2) is 4.79 Å². The summed E-state index contributed by atoms with van der Waals surface area (Å²) >= 11 is 0. The fraction of sp³-hybridized carbons (Fsp3) is 0.714. The zero-order chi connectivity index (χ0) is 17.9. The third-order valence-corrected chi connectivity index (χ3v) is 4.09. The number of ether oxygens (including phenoxy) is 1. The maximum absolute atomic E-state index is 13.2. The van der Waals surface area contributed by atoms with Gasteiger partial charge < -0.3 is 18.7 Å². The Kier molecular flexibility index (Phi) is 9.97. The number of nitrogens with zero attached hydrogens (tertiary/aromatic N) is 1. The lowest BCUT2D eigenvalue weighted by molar-refractivity contribution is 0.0409. The standard InChI is InChI=1S/C14H24FN2O6P/c1-3-4-5-8-22-24(20)23-10-11(21-2)6-7-17-9-12(15)13(18)16-14(17)19/h9,11,20H,3-8,10H2,1-2H3,(H,16,18,19). The number of aromatic nitrogens is 2. The van der Waals surface area contributed by atoms with Crippen molar-refractivity contribution in [2.24, 2.45) is 0 Å². The van der Waals surface area contributed by atoms with Crippen LogP contribution in [0.15, 0.2) is 15.8 Å². The summed E-state index contributed by atoms with van der Waals surface area (Å²) in [6.45, 7) is 2.71. The number of rotatable bonds is 12. The van der Waals surface area contributed by atoms with Gasteiger partial charge in [-0.1, -0.05) is 19.8 Å². The van der Waals surface area contributed by atoms with Crippen molar-refractivity contribution in [3.05, 3.63) is 32.9 Å². The highest BCUT2D eigenvalue weighted by molar-refractivity contribution is 7.40. The average Bonchev–Trinajstić information content (AvgIpc) is 2.56. The van der Waals surface area contributed by atoms with E-state index in [4.69, 9.17) is 13.8 Å². The summed E-state index contributed by atoms with van der Waals surface area (Å²) in [5, 5.41) is 0. The van der Waals surface area contributed by atoms with Gasteiger partial charge in [-0.2, -0.15) is 4.39 Å². The summed E-state index contributed by atoms with van der Waals surface area (Å²) in [4.78, 5) is 34.0. The van der Waals surface area contributed by atoms with E-state index in [2.05, 4.69) is 6.92 Å². The van der Waals surface area contributed by atoms with Gasteiger partial charge in [-0.05, 0) is 12.8 Å². The molecule has 24 heavy (non-hydrogen) atoms. The Labute approximate surface area is 140 Å². The molecule has 0 amide bonds. The molecule has 1 aromatic heterocycles. The molecule has 138 valence electrons. The predicted octanol–water partition coefficient (Wildman–Crippen LogP) is 1.52. The second-order valence-electron chi connectivity index (χ2n) is 5.15. The van der Waals surface area contributed by atoms with E-state index < -0.39 is 31.8 Å². The summed E-state index contributed by atoms with van der Waals surface area (Å²) in [6.07, 6.45) is 3.71. The molecule has 0 aromatic carbocycles. The van der Waals surface area contributed by atoms with Gasteiger partial charge in [0.15, 0.2) is 0 Å². The fourth-order valence-corrected chi connectivity index (χ4v) is 2.53. The Hall–Kier alpha value is -1.12. The number of halogens is 1. The Bertz CT molecular complexity index is 593. The van der Waals surface area contributed by atoms with E-state index in [0.29, 0.717) is 13.0 Å². The van der Waals surface area contributed by atoms with Crippen LogP contribution in [0.25, 0.3) is 0 Å². The van der Waals surface area contributed by atoms with Crippen LogP contribution in [0.2, 0.25) is 0 Å². The number of aryl methyl sites for hydroxylation is 1. The number of aromatic amines is 1. The molecule has 1 heterocycles. The van der Waals surface area contributed by atoms with Crippen LogP contribution in [-0.2, 0) is 20.3 Å². The van der Waals surface area contributed by atoms with Gasteiger partial charge in [-0.15, -0.1) is 0 Å². The summed E-state index contributed by atoms with van der Waals surface area (Å²) in [5.41, 5.74) is -1.74. The summed E-state index contributed by atoms with van der Waals surface area (Å²) < 4.78 is 29.8. The first-order valence-electron chi connectivity index (χ1n) is 7.74. The van der Waals surface area contributed by atoms with Crippen molar-refractivity contribution in [3.8, 4) is 0 Å². The average molecular weight is 366 g/mol. The van der Waals surface area contributed by atoms with Crippen LogP contribution in [0.3, 0.4) is 0 Å². The molecule has 1 rings (SSSR count). The Morgan fingerprint density at radius 2 is 2.12 bits per heavy atom. The summed E-state index contributed by atoms with van der Waals surface area (Å²) in [7, 11) is -0.508. The zero-order valence-electron chi connectivity index (χ0n) is 13.9. The second kappa shape index (κ2) is 11.4. The highest BCUT2D eigenvalue weighted by atomic mass is 31.2. The number of hydrogen-bond donors (Lipinski definition) is 2. The molecule has 8 nitrogen and oxygen atoms in total. The van der Waals surface area contributed by atoms with Crippen molar-refractivity contribution >= 4 is 8.60 Å². The Morgan fingerprint density at radius 1 is 1.38 bits per heavy atom. The highest BCUT2D eigenvalue weighted by Crippen LogP contribution is 2.33. The van der Waals surface area contributed by atoms with Gasteiger partial charge in [0.1, 0.15) is 0 Å². The van der Waals surface area contributed by atoms with Crippen LogP contribution in [0.1, 0.15) is 32.6 Å². The minimum absolute atomic E-state index is 0.0765. The molecule has 2 N–H and O–H groups in total. The normalized spacial score (nSPS) is 13.8. The van der Waals surface area contributed by atoms with Gasteiger partial charge >= 0.3 is 14.3 Å². The third kappa shape index (κ3) is 7.63. The molecule has 0 saturated carbocycles. The largest absolute Gasteiger partial charge is 0.379 e. The Morgan fingerprint density at radius 3 is 2.79 bits per heavy atom. The lowest BCUT2D eigenvalue weighted by Gasteiger charge is -2.17. The quantitative estimate of drug-likeness (QED) is 0.430. The highest BCUT2D eigenvalue weighted by Gasteiger charge is 2.14. The van der Waals surface area contributed by atoms with Gasteiger partial charge in [0, 0.05) is 13.7 Å². The van der Waals surface area contributed by atoms with Crippen molar-refractivity contribution in [2.75, 3.05) is 20.3 Å². The molecule has 0 aliphatic rings.